The summed E-state index contributed by atoms with van der Waals surface area (Å²) in [5, 5.41) is 3.49. The smallest absolute Gasteiger partial charge is 0.0947 e. The Kier molecular flexibility index (Phi) is 5.75. The lowest BCUT2D eigenvalue weighted by Crippen LogP contribution is -2.40. The minimum absolute atomic E-state index is 0.833. The molecule has 3 nitrogen and oxygen atoms in total. The minimum Gasteiger partial charge on any atom is -0.472 e. The molecule has 18 heavy (non-hydrogen) atoms. The van der Waals surface area contributed by atoms with Crippen LogP contribution in [0.4, 0.5) is 0 Å². The first-order valence-electron chi connectivity index (χ1n) is 7.36. The third-order valence-electron chi connectivity index (χ3n) is 3.98. The van der Waals surface area contributed by atoms with E-state index in [2.05, 4.69) is 17.1 Å². The molecule has 1 aromatic rings. The summed E-state index contributed by atoms with van der Waals surface area (Å²) in [4.78, 5) is 2.64. The number of rotatable bonds is 7. The van der Waals surface area contributed by atoms with Gasteiger partial charge in [0.15, 0.2) is 0 Å². The highest BCUT2D eigenvalue weighted by Crippen LogP contribution is 2.21. The molecule has 1 aromatic heterocycles. The fourth-order valence-corrected chi connectivity index (χ4v) is 2.89. The zero-order valence-corrected chi connectivity index (χ0v) is 11.5. The van der Waals surface area contributed by atoms with Gasteiger partial charge < -0.3 is 9.73 Å². The quantitative estimate of drug-likeness (QED) is 0.754. The molecule has 1 saturated carbocycles. The van der Waals surface area contributed by atoms with Crippen LogP contribution in [0.1, 0.15) is 44.6 Å². The van der Waals surface area contributed by atoms with Crippen molar-refractivity contribution in [2.45, 2.75) is 51.6 Å². The van der Waals surface area contributed by atoms with Crippen molar-refractivity contribution in [1.82, 2.24) is 10.2 Å². The van der Waals surface area contributed by atoms with Gasteiger partial charge in [0.05, 0.1) is 12.5 Å². The molecule has 0 amide bonds. The van der Waals surface area contributed by atoms with Crippen LogP contribution in [0.15, 0.2) is 23.0 Å². The Balaban J connectivity index is 1.63. The largest absolute Gasteiger partial charge is 0.472 e. The summed E-state index contributed by atoms with van der Waals surface area (Å²) in [5.74, 6) is 0. The van der Waals surface area contributed by atoms with Crippen LogP contribution in [0, 0.1) is 0 Å². The molecular weight excluding hydrogens is 224 g/mol. The van der Waals surface area contributed by atoms with E-state index in [0.29, 0.717) is 0 Å². The highest BCUT2D eigenvalue weighted by atomic mass is 16.3. The normalized spacial score (nSPS) is 17.4. The van der Waals surface area contributed by atoms with E-state index in [0.717, 1.165) is 19.1 Å². The summed E-state index contributed by atoms with van der Waals surface area (Å²) in [7, 11) is 0. The molecule has 0 bridgehead atoms. The molecule has 0 atom stereocenters. The second-order valence-corrected chi connectivity index (χ2v) is 5.23. The molecule has 0 aliphatic heterocycles. The highest BCUT2D eigenvalue weighted by molar-refractivity contribution is 5.04. The van der Waals surface area contributed by atoms with Crippen LogP contribution in [0.5, 0.6) is 0 Å². The Morgan fingerprint density at radius 1 is 1.33 bits per heavy atom. The first-order chi connectivity index (χ1) is 8.90. The summed E-state index contributed by atoms with van der Waals surface area (Å²) in [6.45, 7) is 6.61. The number of hydrogen-bond acceptors (Lipinski definition) is 3. The van der Waals surface area contributed by atoms with Crippen LogP contribution in [-0.4, -0.2) is 30.6 Å². The van der Waals surface area contributed by atoms with Gasteiger partial charge in [-0.2, -0.15) is 0 Å². The van der Waals surface area contributed by atoms with Crippen molar-refractivity contribution >= 4 is 0 Å². The molecule has 0 spiro atoms. The fraction of sp³-hybridized carbons (Fsp3) is 0.733. The van der Waals surface area contributed by atoms with Crippen molar-refractivity contribution in [3.63, 3.8) is 0 Å². The predicted octanol–water partition coefficient (Wildman–Crippen LogP) is 3.02. The van der Waals surface area contributed by atoms with E-state index < -0.39 is 0 Å². The van der Waals surface area contributed by atoms with Gasteiger partial charge in [0.2, 0.25) is 0 Å². The first kappa shape index (κ1) is 13.6. The molecule has 102 valence electrons. The Bertz CT molecular complexity index is 304. The molecule has 1 aliphatic carbocycles. The van der Waals surface area contributed by atoms with Gasteiger partial charge in [-0.05, 0) is 25.5 Å². The van der Waals surface area contributed by atoms with Gasteiger partial charge in [-0.3, -0.25) is 4.90 Å². The van der Waals surface area contributed by atoms with Crippen LogP contribution < -0.4 is 5.32 Å². The van der Waals surface area contributed by atoms with E-state index in [9.17, 15) is 0 Å². The predicted molar refractivity (Wildman–Crippen MR) is 74.5 cm³/mol. The summed E-state index contributed by atoms with van der Waals surface area (Å²) >= 11 is 0. The van der Waals surface area contributed by atoms with Gasteiger partial charge in [-0.1, -0.05) is 26.2 Å². The first-order valence-corrected chi connectivity index (χ1v) is 7.36. The van der Waals surface area contributed by atoms with Crippen molar-refractivity contribution in [2.75, 3.05) is 19.6 Å². The molecule has 2 rings (SSSR count). The number of hydrogen-bond donors (Lipinski definition) is 1. The molecule has 1 fully saturated rings. The van der Waals surface area contributed by atoms with Gasteiger partial charge in [0.25, 0.3) is 0 Å². The van der Waals surface area contributed by atoms with E-state index in [1.165, 1.54) is 50.8 Å². The molecule has 1 heterocycles. The van der Waals surface area contributed by atoms with Crippen LogP contribution in [0.2, 0.25) is 0 Å². The number of likely N-dealkylation sites (N-methyl/N-ethyl adjacent to an activating group) is 1. The Labute approximate surface area is 111 Å². The number of furan rings is 1. The molecule has 3 heteroatoms. The Hall–Kier alpha value is -0.800. The molecule has 0 aromatic carbocycles. The lowest BCUT2D eigenvalue weighted by Gasteiger charge is -2.33. The van der Waals surface area contributed by atoms with Crippen molar-refractivity contribution in [2.24, 2.45) is 0 Å². The summed E-state index contributed by atoms with van der Waals surface area (Å²) in [6.07, 6.45) is 10.6. The maximum Gasteiger partial charge on any atom is 0.0947 e. The van der Waals surface area contributed by atoms with Crippen molar-refractivity contribution < 1.29 is 4.42 Å². The van der Waals surface area contributed by atoms with Gasteiger partial charge in [0, 0.05) is 31.2 Å². The van der Waals surface area contributed by atoms with Crippen molar-refractivity contribution in [1.29, 1.82) is 0 Å². The van der Waals surface area contributed by atoms with E-state index in [-0.39, 0.29) is 0 Å². The molecular formula is C15H26N2O. The highest BCUT2D eigenvalue weighted by Gasteiger charge is 2.18. The maximum atomic E-state index is 5.06. The van der Waals surface area contributed by atoms with E-state index >= 15 is 0 Å². The molecule has 0 radical (unpaired) electrons. The Morgan fingerprint density at radius 2 is 2.17 bits per heavy atom. The van der Waals surface area contributed by atoms with Crippen LogP contribution in [-0.2, 0) is 6.54 Å². The molecule has 1 N–H and O–H groups in total. The summed E-state index contributed by atoms with van der Waals surface area (Å²) in [6, 6.07) is 2.85. The van der Waals surface area contributed by atoms with Gasteiger partial charge in [0.1, 0.15) is 0 Å². The van der Waals surface area contributed by atoms with Gasteiger partial charge in [-0.15, -0.1) is 0 Å². The van der Waals surface area contributed by atoms with Crippen LogP contribution >= 0.6 is 0 Å². The SMILES string of the molecule is CCN(CCNCc1ccoc1)C1CCCCC1. The topological polar surface area (TPSA) is 28.4 Å². The molecule has 0 unspecified atom stereocenters. The second kappa shape index (κ2) is 7.59. The van der Waals surface area contributed by atoms with Gasteiger partial charge >= 0.3 is 0 Å². The number of nitrogens with one attached hydrogen (secondary N) is 1. The molecule has 1 aliphatic rings. The standard InChI is InChI=1S/C15H26N2O/c1-2-17(15-6-4-3-5-7-15)10-9-16-12-14-8-11-18-13-14/h8,11,13,15-16H,2-7,9-10,12H2,1H3. The maximum absolute atomic E-state index is 5.06. The zero-order valence-electron chi connectivity index (χ0n) is 11.5. The lowest BCUT2D eigenvalue weighted by molar-refractivity contribution is 0.164. The fourth-order valence-electron chi connectivity index (χ4n) is 2.89. The minimum atomic E-state index is 0.833. The summed E-state index contributed by atoms with van der Waals surface area (Å²) in [5.41, 5.74) is 1.23. The van der Waals surface area contributed by atoms with Crippen molar-refractivity contribution in [3.05, 3.63) is 24.2 Å². The second-order valence-electron chi connectivity index (χ2n) is 5.23. The lowest BCUT2D eigenvalue weighted by atomic mass is 9.94. The van der Waals surface area contributed by atoms with Crippen LogP contribution in [0.3, 0.4) is 0 Å². The monoisotopic (exact) mass is 250 g/mol. The average Bonchev–Trinajstić information content (AvgIpc) is 2.93. The van der Waals surface area contributed by atoms with Gasteiger partial charge in [-0.25, -0.2) is 0 Å². The van der Waals surface area contributed by atoms with E-state index in [1.54, 1.807) is 6.26 Å². The van der Waals surface area contributed by atoms with Crippen molar-refractivity contribution in [3.8, 4) is 0 Å². The van der Waals surface area contributed by atoms with Crippen LogP contribution in [0.25, 0.3) is 0 Å². The summed E-state index contributed by atoms with van der Waals surface area (Å²) < 4.78 is 5.06. The zero-order chi connectivity index (χ0) is 12.6. The third kappa shape index (κ3) is 4.14. The van der Waals surface area contributed by atoms with E-state index in [1.807, 2.05) is 12.3 Å². The molecule has 0 saturated heterocycles. The Morgan fingerprint density at radius 3 is 2.83 bits per heavy atom. The average molecular weight is 250 g/mol. The third-order valence-corrected chi connectivity index (χ3v) is 3.98. The van der Waals surface area contributed by atoms with E-state index in [4.69, 9.17) is 4.42 Å². The number of nitrogens with zero attached hydrogens (tertiary/aromatic N) is 1.